The second kappa shape index (κ2) is 5.29. The van der Waals surface area contributed by atoms with Crippen LogP contribution in [0.5, 0.6) is 11.5 Å². The molecule has 0 spiro atoms. The van der Waals surface area contributed by atoms with E-state index in [9.17, 15) is 4.79 Å². The maximum atomic E-state index is 11.7. The molecule has 0 radical (unpaired) electrons. The molecule has 0 unspecified atom stereocenters. The summed E-state index contributed by atoms with van der Waals surface area (Å²) in [6.45, 7) is 3.87. The third kappa shape index (κ3) is 3.15. The maximum Gasteiger partial charge on any atom is 0.254 e. The van der Waals surface area contributed by atoms with Crippen molar-refractivity contribution in [3.8, 4) is 11.5 Å². The molecule has 4 nitrogen and oxygen atoms in total. The summed E-state index contributed by atoms with van der Waals surface area (Å²) >= 11 is 0. The van der Waals surface area contributed by atoms with Crippen molar-refractivity contribution in [2.75, 3.05) is 7.05 Å². The van der Waals surface area contributed by atoms with Crippen LogP contribution in [0, 0.1) is 0 Å². The first-order valence-electron chi connectivity index (χ1n) is 6.29. The lowest BCUT2D eigenvalue weighted by Gasteiger charge is -2.15. The second-order valence-corrected chi connectivity index (χ2v) is 4.72. The number of benzene rings is 1. The van der Waals surface area contributed by atoms with E-state index in [0.29, 0.717) is 17.4 Å². The fourth-order valence-electron chi connectivity index (χ4n) is 1.63. The quantitative estimate of drug-likeness (QED) is 0.871. The molecular formula is C14H19NO3. The Bertz CT molecular complexity index is 439. The third-order valence-corrected chi connectivity index (χ3v) is 2.61. The van der Waals surface area contributed by atoms with Gasteiger partial charge in [0.2, 0.25) is 0 Å². The molecule has 1 saturated carbocycles. The van der Waals surface area contributed by atoms with Crippen LogP contribution in [0.4, 0.5) is 0 Å². The summed E-state index contributed by atoms with van der Waals surface area (Å²) < 4.78 is 11.4. The molecule has 4 heteroatoms. The zero-order valence-corrected chi connectivity index (χ0v) is 11.0. The number of carbonyl (C=O) groups is 1. The summed E-state index contributed by atoms with van der Waals surface area (Å²) in [6, 6.07) is 5.35. The van der Waals surface area contributed by atoms with Crippen molar-refractivity contribution in [2.24, 2.45) is 0 Å². The molecule has 1 aromatic rings. The van der Waals surface area contributed by atoms with Crippen molar-refractivity contribution in [1.82, 2.24) is 5.32 Å². The molecule has 1 N–H and O–H groups in total. The van der Waals surface area contributed by atoms with E-state index in [2.05, 4.69) is 5.32 Å². The maximum absolute atomic E-state index is 11.7. The number of hydrogen-bond acceptors (Lipinski definition) is 3. The molecule has 1 amide bonds. The highest BCUT2D eigenvalue weighted by molar-refractivity contribution is 5.96. The first-order chi connectivity index (χ1) is 8.60. The number of amides is 1. The van der Waals surface area contributed by atoms with Gasteiger partial charge in [0.05, 0.1) is 17.8 Å². The Labute approximate surface area is 107 Å². The molecule has 1 fully saturated rings. The normalized spacial score (nSPS) is 14.4. The van der Waals surface area contributed by atoms with Crippen LogP contribution < -0.4 is 14.8 Å². The third-order valence-electron chi connectivity index (χ3n) is 2.61. The van der Waals surface area contributed by atoms with Gasteiger partial charge in [-0.15, -0.1) is 0 Å². The lowest BCUT2D eigenvalue weighted by molar-refractivity contribution is 0.0957. The largest absolute Gasteiger partial charge is 0.490 e. The van der Waals surface area contributed by atoms with Crippen molar-refractivity contribution >= 4 is 5.91 Å². The molecule has 0 aromatic heterocycles. The molecule has 1 aromatic carbocycles. The fraction of sp³-hybridized carbons (Fsp3) is 0.500. The van der Waals surface area contributed by atoms with Gasteiger partial charge in [-0.1, -0.05) is 0 Å². The SMILES string of the molecule is CNC(=O)c1ccc(OC2CC2)cc1OC(C)C. The van der Waals surface area contributed by atoms with Crippen molar-refractivity contribution < 1.29 is 14.3 Å². The molecule has 0 atom stereocenters. The van der Waals surface area contributed by atoms with E-state index in [4.69, 9.17) is 9.47 Å². The van der Waals surface area contributed by atoms with E-state index < -0.39 is 0 Å². The molecular weight excluding hydrogens is 230 g/mol. The van der Waals surface area contributed by atoms with E-state index in [1.54, 1.807) is 19.2 Å². The van der Waals surface area contributed by atoms with Crippen LogP contribution in [-0.2, 0) is 0 Å². The molecule has 0 bridgehead atoms. The Morgan fingerprint density at radius 1 is 1.39 bits per heavy atom. The van der Waals surface area contributed by atoms with E-state index in [-0.39, 0.29) is 12.0 Å². The molecule has 0 saturated heterocycles. The van der Waals surface area contributed by atoms with Crippen LogP contribution >= 0.6 is 0 Å². The van der Waals surface area contributed by atoms with Gasteiger partial charge in [-0.25, -0.2) is 0 Å². The van der Waals surface area contributed by atoms with Crippen LogP contribution in [-0.4, -0.2) is 25.2 Å². The molecule has 0 aliphatic heterocycles. The topological polar surface area (TPSA) is 47.6 Å². The van der Waals surface area contributed by atoms with E-state index in [1.165, 1.54) is 0 Å². The van der Waals surface area contributed by atoms with E-state index in [0.717, 1.165) is 18.6 Å². The van der Waals surface area contributed by atoms with Gasteiger partial charge < -0.3 is 14.8 Å². The number of nitrogens with one attached hydrogen (secondary N) is 1. The number of carbonyl (C=O) groups excluding carboxylic acids is 1. The van der Waals surface area contributed by atoms with Gasteiger partial charge >= 0.3 is 0 Å². The Hall–Kier alpha value is -1.71. The number of hydrogen-bond donors (Lipinski definition) is 1. The van der Waals surface area contributed by atoms with E-state index in [1.807, 2.05) is 19.9 Å². The fourth-order valence-corrected chi connectivity index (χ4v) is 1.63. The molecule has 98 valence electrons. The highest BCUT2D eigenvalue weighted by atomic mass is 16.5. The highest BCUT2D eigenvalue weighted by Gasteiger charge is 2.24. The van der Waals surface area contributed by atoms with Crippen molar-refractivity contribution in [2.45, 2.75) is 38.9 Å². The standard InChI is InChI=1S/C14H19NO3/c1-9(2)17-13-8-11(18-10-4-5-10)6-7-12(13)14(16)15-3/h6-10H,4-5H2,1-3H3,(H,15,16). The van der Waals surface area contributed by atoms with E-state index >= 15 is 0 Å². The minimum atomic E-state index is -0.149. The second-order valence-electron chi connectivity index (χ2n) is 4.72. The van der Waals surface area contributed by atoms with Crippen LogP contribution in [0.1, 0.15) is 37.0 Å². The van der Waals surface area contributed by atoms with Gasteiger partial charge in [0.15, 0.2) is 0 Å². The zero-order chi connectivity index (χ0) is 13.1. The summed E-state index contributed by atoms with van der Waals surface area (Å²) in [5.74, 6) is 1.19. The zero-order valence-electron chi connectivity index (χ0n) is 11.0. The summed E-state index contributed by atoms with van der Waals surface area (Å²) in [6.07, 6.45) is 2.57. The van der Waals surface area contributed by atoms with Crippen LogP contribution in [0.3, 0.4) is 0 Å². The molecule has 0 heterocycles. The van der Waals surface area contributed by atoms with Gasteiger partial charge in [-0.05, 0) is 38.8 Å². The van der Waals surface area contributed by atoms with Gasteiger partial charge in [0.1, 0.15) is 11.5 Å². The Kier molecular flexibility index (Phi) is 3.75. The summed E-state index contributed by atoms with van der Waals surface area (Å²) in [7, 11) is 1.61. The minimum absolute atomic E-state index is 0.0181. The van der Waals surface area contributed by atoms with Crippen LogP contribution in [0.2, 0.25) is 0 Å². The summed E-state index contributed by atoms with van der Waals surface area (Å²) in [4.78, 5) is 11.7. The van der Waals surface area contributed by atoms with Crippen molar-refractivity contribution in [3.05, 3.63) is 23.8 Å². The predicted octanol–water partition coefficient (Wildman–Crippen LogP) is 2.37. The molecule has 2 rings (SSSR count). The predicted molar refractivity (Wildman–Crippen MR) is 69.2 cm³/mol. The molecule has 18 heavy (non-hydrogen) atoms. The Morgan fingerprint density at radius 2 is 2.11 bits per heavy atom. The smallest absolute Gasteiger partial charge is 0.254 e. The summed E-state index contributed by atoms with van der Waals surface area (Å²) in [5.41, 5.74) is 0.536. The number of ether oxygens (including phenoxy) is 2. The minimum Gasteiger partial charge on any atom is -0.490 e. The molecule has 1 aliphatic rings. The van der Waals surface area contributed by atoms with Gasteiger partial charge in [-0.2, -0.15) is 0 Å². The lowest BCUT2D eigenvalue weighted by atomic mass is 10.1. The van der Waals surface area contributed by atoms with Crippen LogP contribution in [0.25, 0.3) is 0 Å². The lowest BCUT2D eigenvalue weighted by Crippen LogP contribution is -2.20. The van der Waals surface area contributed by atoms with Crippen LogP contribution in [0.15, 0.2) is 18.2 Å². The average Bonchev–Trinajstić information content (AvgIpc) is 3.11. The van der Waals surface area contributed by atoms with Gasteiger partial charge in [-0.3, -0.25) is 4.79 Å². The Morgan fingerprint density at radius 3 is 2.67 bits per heavy atom. The molecule has 1 aliphatic carbocycles. The first-order valence-corrected chi connectivity index (χ1v) is 6.29. The monoisotopic (exact) mass is 249 g/mol. The van der Waals surface area contributed by atoms with Gasteiger partial charge in [0, 0.05) is 13.1 Å². The van der Waals surface area contributed by atoms with Gasteiger partial charge in [0.25, 0.3) is 5.91 Å². The highest BCUT2D eigenvalue weighted by Crippen LogP contribution is 2.31. The Balaban J connectivity index is 2.24. The van der Waals surface area contributed by atoms with Crippen molar-refractivity contribution in [1.29, 1.82) is 0 Å². The first kappa shape index (κ1) is 12.7. The van der Waals surface area contributed by atoms with Crippen molar-refractivity contribution in [3.63, 3.8) is 0 Å². The average molecular weight is 249 g/mol. The number of rotatable bonds is 5. The summed E-state index contributed by atoms with van der Waals surface area (Å²) in [5, 5.41) is 2.61.